The number of thiazole rings is 1. The molecular weight excluding hydrogens is 1370 g/mol. The van der Waals surface area contributed by atoms with E-state index in [2.05, 4.69) is 79.8 Å². The first kappa shape index (κ1) is 82.0. The fourth-order valence-corrected chi connectivity index (χ4v) is 10.7. The summed E-state index contributed by atoms with van der Waals surface area (Å²) in [6, 6.07) is 3.51. The Morgan fingerprint density at radius 1 is 0.446 bits per heavy atom. The summed E-state index contributed by atoms with van der Waals surface area (Å²) in [4.78, 5) is 107. The van der Waals surface area contributed by atoms with E-state index in [1.54, 1.807) is 115 Å². The van der Waals surface area contributed by atoms with Crippen LogP contribution in [0, 0.1) is 27.7 Å². The molecule has 4 N–H and O–H groups in total. The quantitative estimate of drug-likeness (QED) is 0.0495. The first-order valence-electron chi connectivity index (χ1n) is 29.4. The molecule has 12 heterocycles. The van der Waals surface area contributed by atoms with E-state index in [9.17, 15) is 39.0 Å². The van der Waals surface area contributed by atoms with Gasteiger partial charge in [0.2, 0.25) is 23.1 Å². The molecular formula is C62H67N23Na2O12S2. The van der Waals surface area contributed by atoms with Gasteiger partial charge in [-0.3, -0.25) is 52.3 Å². The van der Waals surface area contributed by atoms with Gasteiger partial charge >= 0.3 is 59.1 Å². The molecule has 12 aromatic rings. The molecule has 0 fully saturated rings. The fraction of sp³-hybridized carbons (Fsp3) is 0.290. The molecule has 0 radical (unpaired) electrons. The smallest absolute Gasteiger partial charge is 0.543 e. The second-order valence-corrected chi connectivity index (χ2v) is 23.5. The van der Waals surface area contributed by atoms with Crippen LogP contribution in [0.5, 0.6) is 0 Å². The van der Waals surface area contributed by atoms with Gasteiger partial charge < -0.3 is 44.8 Å². The summed E-state index contributed by atoms with van der Waals surface area (Å²) < 4.78 is 14.3. The van der Waals surface area contributed by atoms with Crippen LogP contribution in [0.3, 0.4) is 0 Å². The van der Waals surface area contributed by atoms with E-state index >= 15 is 0 Å². The largest absolute Gasteiger partial charge is 1.00 e. The number of imidazole rings is 1. The number of Topliss-reactive ketones (excluding diaryl/α,β-unsaturated/α-hetero) is 4. The molecule has 35 nitrogen and oxygen atoms in total. The van der Waals surface area contributed by atoms with Crippen molar-refractivity contribution in [3.8, 4) is 66.4 Å². The number of rotatable bonds is 17. The second-order valence-electron chi connectivity index (χ2n) is 21.5. The summed E-state index contributed by atoms with van der Waals surface area (Å²) in [6.07, 6.45) is 20.6. The molecule has 12 rings (SSSR count). The maximum atomic E-state index is 11.7. The van der Waals surface area contributed by atoms with E-state index in [4.69, 9.17) is 20.4 Å². The SMILES string of the molecule is CC(C)c1nsc(-c2cnn(C)c2C(=O)CO)n1.Cc1ccnc(-c2cnn(C)c2C(=O)CO)n1.Cc1ccnc(-c2cnn(C)c2C(=O)[O-])n1.Cc1cnc(-c2cnn(C)c2C(=O)CO)s1.Cc1cncc(-c2cnn(C)c2C(=O)[O-])n1.Cn1cnc(-c2cnn(C)c2C(=O)CO)c1.[Na+].[Na+]. The Balaban J connectivity index is 0.000000218. The third-order valence-electron chi connectivity index (χ3n) is 13.8. The Morgan fingerprint density at radius 3 is 1.21 bits per heavy atom. The Kier molecular flexibility index (Phi) is 30.6. The molecule has 0 unspecified atom stereocenters. The van der Waals surface area contributed by atoms with Crippen molar-refractivity contribution in [2.45, 2.75) is 47.5 Å². The van der Waals surface area contributed by atoms with Crippen LogP contribution in [0.25, 0.3) is 66.4 Å². The zero-order valence-electron chi connectivity index (χ0n) is 57.7. The number of hydrogen-bond acceptors (Lipinski definition) is 30. The molecule has 39 heteroatoms. The van der Waals surface area contributed by atoms with Crippen LogP contribution in [0.2, 0.25) is 0 Å². The standard InChI is InChI=1S/C11H14N4O2S.C11H12N4O2.C10H12N4O2.2C10H10N4O2.C10H11N3O2S.2Na/c1-6(2)10-13-11(18-14-10)7-4-12-15(3)9(7)8(17)5-16;1-7-3-4-12-11(14-7)8-5-13-15(2)10(8)9(17)6-16;1-13-4-8(11-6-13)7-3-12-14(2)10(7)9(16)5-15;1-6-3-11-5-8(13-6)7-4-12-14(2)9(7)10(15)16;1-6-3-4-11-9(13-6)7-5-12-14(2)8(7)10(15)16;1-6-3-11-10(16-6)7-4-12-13(2)9(7)8(15)5-14;;/h4,6,16H,5H2,1-3H3;3-5,16H,6H2,1-2H3;3-4,6,15H,5H2,1-2H3;2*3-5H,1-2H3,(H,15,16);3-4,14H,5H2,1-2H3;;/q;;;;;;2*+1/p-2. The third-order valence-corrected chi connectivity index (χ3v) is 15.5. The number of carbonyl (C=O) groups is 6. The summed E-state index contributed by atoms with van der Waals surface area (Å²) in [5.74, 6) is -2.27. The van der Waals surface area contributed by atoms with E-state index in [0.717, 1.165) is 27.1 Å². The predicted octanol–water partition coefficient (Wildman–Crippen LogP) is -4.27. The first-order valence-corrected chi connectivity index (χ1v) is 31.0. The van der Waals surface area contributed by atoms with Gasteiger partial charge in [-0.15, -0.1) is 11.3 Å². The summed E-state index contributed by atoms with van der Waals surface area (Å²) >= 11 is 2.74. The number of ketones is 4. The van der Waals surface area contributed by atoms with Crippen LogP contribution < -0.4 is 69.3 Å². The van der Waals surface area contributed by atoms with Gasteiger partial charge in [0.1, 0.15) is 65.0 Å². The normalized spacial score (nSPS) is 10.4. The number of aromatic nitrogens is 23. The van der Waals surface area contributed by atoms with Crippen LogP contribution in [-0.2, 0) is 49.3 Å². The van der Waals surface area contributed by atoms with Gasteiger partial charge in [0.25, 0.3) is 0 Å². The van der Waals surface area contributed by atoms with Crippen molar-refractivity contribution in [1.29, 1.82) is 0 Å². The van der Waals surface area contributed by atoms with Crippen LogP contribution in [0.15, 0.2) is 92.8 Å². The Hall–Kier alpha value is -9.64. The van der Waals surface area contributed by atoms with Gasteiger partial charge in [-0.2, -0.15) is 35.0 Å². The van der Waals surface area contributed by atoms with Crippen molar-refractivity contribution >= 4 is 57.9 Å². The number of nitrogens with zero attached hydrogens (tertiary/aromatic N) is 23. The maximum absolute atomic E-state index is 11.7. The minimum atomic E-state index is -1.29. The average molecular weight is 1440 g/mol. The molecule has 0 bridgehead atoms. The van der Waals surface area contributed by atoms with Gasteiger partial charge in [0.05, 0.1) is 118 Å². The molecule has 0 saturated heterocycles. The van der Waals surface area contributed by atoms with Crippen molar-refractivity contribution in [2.24, 2.45) is 49.3 Å². The van der Waals surface area contributed by atoms with Crippen molar-refractivity contribution < 1.29 is 119 Å². The summed E-state index contributed by atoms with van der Waals surface area (Å²) in [5.41, 5.74) is 8.14. The summed E-state index contributed by atoms with van der Waals surface area (Å²) in [7, 11) is 11.6. The van der Waals surface area contributed by atoms with Gasteiger partial charge in [-0.05, 0) is 51.4 Å². The van der Waals surface area contributed by atoms with Crippen molar-refractivity contribution in [2.75, 3.05) is 26.4 Å². The molecule has 101 heavy (non-hydrogen) atoms. The van der Waals surface area contributed by atoms with Gasteiger partial charge in [0, 0.05) is 108 Å². The van der Waals surface area contributed by atoms with E-state index in [-0.39, 0.29) is 93.8 Å². The molecule has 0 aliphatic heterocycles. The van der Waals surface area contributed by atoms with E-state index in [1.165, 1.54) is 89.8 Å². The van der Waals surface area contributed by atoms with Crippen LogP contribution in [0.4, 0.5) is 0 Å². The molecule has 0 spiro atoms. The number of carbonyl (C=O) groups excluding carboxylic acids is 6. The van der Waals surface area contributed by atoms with Crippen LogP contribution in [0.1, 0.15) is 110 Å². The number of aliphatic hydroxyl groups is 4. The molecule has 0 saturated carbocycles. The number of carboxylic acid groups (broad SMARTS) is 2. The van der Waals surface area contributed by atoms with Gasteiger partial charge in [0.15, 0.2) is 11.6 Å². The average Bonchev–Trinajstić information content (AvgIpc) is 1.72. The van der Waals surface area contributed by atoms with Crippen molar-refractivity contribution in [3.63, 3.8) is 0 Å². The molecule has 0 aromatic carbocycles. The number of aromatic carboxylic acids is 2. The Bertz CT molecular complexity index is 4650. The second kappa shape index (κ2) is 37.7. The van der Waals surface area contributed by atoms with Crippen LogP contribution in [-0.4, -0.2) is 194 Å². The number of aliphatic hydroxyl groups excluding tert-OH is 4. The van der Waals surface area contributed by atoms with E-state index < -0.39 is 44.1 Å². The Morgan fingerprint density at radius 2 is 0.832 bits per heavy atom. The van der Waals surface area contributed by atoms with Crippen LogP contribution >= 0.6 is 22.9 Å². The number of aryl methyl sites for hydroxylation is 11. The van der Waals surface area contributed by atoms with E-state index in [0.29, 0.717) is 89.9 Å². The summed E-state index contributed by atoms with van der Waals surface area (Å²) in [6.45, 7) is 9.26. The fourth-order valence-electron chi connectivity index (χ4n) is 9.11. The van der Waals surface area contributed by atoms with Crippen molar-refractivity contribution in [1.82, 2.24) is 112 Å². The van der Waals surface area contributed by atoms with E-state index in [1.807, 2.05) is 34.7 Å². The zero-order valence-corrected chi connectivity index (χ0v) is 63.4. The Labute approximate surface area is 628 Å². The molecule has 0 amide bonds. The molecule has 0 atom stereocenters. The molecule has 12 aromatic heterocycles. The number of carboxylic acids is 2. The predicted molar refractivity (Wildman–Crippen MR) is 352 cm³/mol. The topological polar surface area (TPSA) is 470 Å². The third kappa shape index (κ3) is 20.5. The minimum absolute atomic E-state index is 0. The zero-order chi connectivity index (χ0) is 72.5. The maximum Gasteiger partial charge on any atom is 1.00 e. The van der Waals surface area contributed by atoms with Crippen molar-refractivity contribution in [3.05, 3.63) is 155 Å². The molecule has 0 aliphatic carbocycles. The minimum Gasteiger partial charge on any atom is -0.543 e. The molecule has 0 aliphatic rings. The summed E-state index contributed by atoms with van der Waals surface area (Å²) in [5, 5.41) is 82.8. The first-order chi connectivity index (χ1) is 47.1. The van der Waals surface area contributed by atoms with Gasteiger partial charge in [-0.25, -0.2) is 39.9 Å². The molecule has 516 valence electrons. The van der Waals surface area contributed by atoms with Gasteiger partial charge in [-0.1, -0.05) is 13.8 Å². The monoisotopic (exact) mass is 1440 g/mol. The number of hydrogen-bond donors (Lipinski definition) is 4.